The van der Waals surface area contributed by atoms with Gasteiger partial charge in [0.2, 0.25) is 0 Å². The predicted molar refractivity (Wildman–Crippen MR) is 78.5 cm³/mol. The van der Waals surface area contributed by atoms with Gasteiger partial charge in [-0.25, -0.2) is 9.97 Å². The average Bonchev–Trinajstić information content (AvgIpc) is 2.39. The van der Waals surface area contributed by atoms with Gasteiger partial charge < -0.3 is 5.32 Å². The van der Waals surface area contributed by atoms with E-state index in [2.05, 4.69) is 37.3 Å². The fourth-order valence-corrected chi connectivity index (χ4v) is 2.93. The van der Waals surface area contributed by atoms with E-state index in [1.165, 1.54) is 4.90 Å². The molecule has 0 fully saturated rings. The van der Waals surface area contributed by atoms with E-state index in [1.54, 1.807) is 11.8 Å². The topological polar surface area (TPSA) is 37.8 Å². The standard InChI is InChI=1S/C13H14BrN3S/c1-15-8-10-6-7-16-13(17-10)9-18-12-5-3-2-4-11(12)14/h2-7,15H,8-9H2,1H3. The minimum atomic E-state index is 0.773. The lowest BCUT2D eigenvalue weighted by Gasteiger charge is -2.05. The van der Waals surface area contributed by atoms with Gasteiger partial charge in [0.05, 0.1) is 11.4 Å². The second kappa shape index (κ2) is 6.87. The van der Waals surface area contributed by atoms with Crippen molar-refractivity contribution < 1.29 is 0 Å². The number of nitrogens with one attached hydrogen (secondary N) is 1. The first-order chi connectivity index (χ1) is 8.79. The fourth-order valence-electron chi connectivity index (χ4n) is 1.49. The zero-order valence-corrected chi connectivity index (χ0v) is 12.5. The quantitative estimate of drug-likeness (QED) is 0.857. The molecule has 2 aromatic rings. The van der Waals surface area contributed by atoms with Crippen molar-refractivity contribution in [3.63, 3.8) is 0 Å². The molecular weight excluding hydrogens is 310 g/mol. The van der Waals surface area contributed by atoms with Crippen molar-refractivity contribution in [3.05, 3.63) is 52.5 Å². The molecule has 2 rings (SSSR count). The molecule has 0 spiro atoms. The molecule has 5 heteroatoms. The largest absolute Gasteiger partial charge is 0.314 e. The lowest BCUT2D eigenvalue weighted by molar-refractivity contribution is 0.777. The molecule has 0 saturated heterocycles. The van der Waals surface area contributed by atoms with Crippen LogP contribution < -0.4 is 5.32 Å². The molecule has 1 N–H and O–H groups in total. The molecule has 1 heterocycles. The Labute approximate surface area is 120 Å². The van der Waals surface area contributed by atoms with Crippen LogP contribution in [0.15, 0.2) is 45.9 Å². The Hall–Kier alpha value is -0.910. The number of hydrogen-bond donors (Lipinski definition) is 1. The Morgan fingerprint density at radius 1 is 1.28 bits per heavy atom. The van der Waals surface area contributed by atoms with Crippen molar-refractivity contribution in [3.8, 4) is 0 Å². The smallest absolute Gasteiger partial charge is 0.138 e. The van der Waals surface area contributed by atoms with Crippen LogP contribution in [-0.4, -0.2) is 17.0 Å². The first kappa shape index (κ1) is 13.5. The molecule has 1 aromatic heterocycles. The van der Waals surface area contributed by atoms with Gasteiger partial charge in [-0.3, -0.25) is 0 Å². The summed E-state index contributed by atoms with van der Waals surface area (Å²) < 4.78 is 1.11. The highest BCUT2D eigenvalue weighted by molar-refractivity contribution is 9.10. The van der Waals surface area contributed by atoms with Crippen LogP contribution >= 0.6 is 27.7 Å². The van der Waals surface area contributed by atoms with Gasteiger partial charge >= 0.3 is 0 Å². The normalized spacial score (nSPS) is 10.6. The van der Waals surface area contributed by atoms with Crippen LogP contribution in [0.2, 0.25) is 0 Å². The zero-order valence-electron chi connectivity index (χ0n) is 10.1. The van der Waals surface area contributed by atoms with Crippen LogP contribution in [-0.2, 0) is 12.3 Å². The number of halogens is 1. The molecule has 0 amide bonds. The van der Waals surface area contributed by atoms with Crippen LogP contribution in [0, 0.1) is 0 Å². The van der Waals surface area contributed by atoms with E-state index in [9.17, 15) is 0 Å². The third-order valence-electron chi connectivity index (χ3n) is 2.31. The molecule has 0 saturated carbocycles. The molecule has 3 nitrogen and oxygen atoms in total. The van der Waals surface area contributed by atoms with Crippen molar-refractivity contribution in [2.45, 2.75) is 17.2 Å². The summed E-state index contributed by atoms with van der Waals surface area (Å²) in [7, 11) is 1.91. The number of hydrogen-bond acceptors (Lipinski definition) is 4. The molecule has 0 bridgehead atoms. The van der Waals surface area contributed by atoms with Gasteiger partial charge in [0.25, 0.3) is 0 Å². The summed E-state index contributed by atoms with van der Waals surface area (Å²) >= 11 is 5.27. The number of rotatable bonds is 5. The van der Waals surface area contributed by atoms with Crippen LogP contribution in [0.5, 0.6) is 0 Å². The average molecular weight is 324 g/mol. The summed E-state index contributed by atoms with van der Waals surface area (Å²) in [5.41, 5.74) is 1.02. The highest BCUT2D eigenvalue weighted by atomic mass is 79.9. The Balaban J connectivity index is 2.02. The Bertz CT molecular complexity index is 519. The summed E-state index contributed by atoms with van der Waals surface area (Å²) in [6.07, 6.45) is 1.82. The SMILES string of the molecule is CNCc1ccnc(CSc2ccccc2Br)n1. The first-order valence-electron chi connectivity index (χ1n) is 5.62. The van der Waals surface area contributed by atoms with E-state index < -0.39 is 0 Å². The van der Waals surface area contributed by atoms with Crippen molar-refractivity contribution >= 4 is 27.7 Å². The summed E-state index contributed by atoms with van der Waals surface area (Å²) in [6, 6.07) is 10.1. The van der Waals surface area contributed by atoms with E-state index in [1.807, 2.05) is 37.5 Å². The fraction of sp³-hybridized carbons (Fsp3) is 0.231. The maximum atomic E-state index is 4.50. The molecule has 0 atom stereocenters. The highest BCUT2D eigenvalue weighted by Gasteiger charge is 2.03. The Kier molecular flexibility index (Phi) is 5.16. The maximum absolute atomic E-state index is 4.50. The van der Waals surface area contributed by atoms with Gasteiger partial charge in [-0.1, -0.05) is 12.1 Å². The number of benzene rings is 1. The molecule has 0 radical (unpaired) electrons. The van der Waals surface area contributed by atoms with E-state index in [0.717, 1.165) is 28.3 Å². The summed E-state index contributed by atoms with van der Waals surface area (Å²) in [5.74, 6) is 1.64. The molecule has 0 aliphatic rings. The van der Waals surface area contributed by atoms with E-state index in [0.29, 0.717) is 0 Å². The molecule has 0 aliphatic carbocycles. The van der Waals surface area contributed by atoms with Gasteiger partial charge in [0.1, 0.15) is 5.82 Å². The second-order valence-electron chi connectivity index (χ2n) is 3.71. The Morgan fingerprint density at radius 2 is 2.11 bits per heavy atom. The van der Waals surface area contributed by atoms with Gasteiger partial charge in [0.15, 0.2) is 0 Å². The second-order valence-corrected chi connectivity index (χ2v) is 5.59. The van der Waals surface area contributed by atoms with E-state index in [4.69, 9.17) is 0 Å². The van der Waals surface area contributed by atoms with Gasteiger partial charge in [-0.15, -0.1) is 11.8 Å². The van der Waals surface area contributed by atoms with Crippen LogP contribution in [0.1, 0.15) is 11.5 Å². The third kappa shape index (κ3) is 3.80. The Morgan fingerprint density at radius 3 is 2.89 bits per heavy atom. The van der Waals surface area contributed by atoms with Crippen molar-refractivity contribution in [2.75, 3.05) is 7.05 Å². The van der Waals surface area contributed by atoms with Gasteiger partial charge in [0, 0.05) is 22.1 Å². The summed E-state index contributed by atoms with van der Waals surface area (Å²) in [6.45, 7) is 0.773. The van der Waals surface area contributed by atoms with Crippen molar-refractivity contribution in [2.24, 2.45) is 0 Å². The highest BCUT2D eigenvalue weighted by Crippen LogP contribution is 2.28. The molecule has 0 unspecified atom stereocenters. The van der Waals surface area contributed by atoms with Crippen LogP contribution in [0.4, 0.5) is 0 Å². The summed E-state index contributed by atoms with van der Waals surface area (Å²) in [4.78, 5) is 10.00. The van der Waals surface area contributed by atoms with Crippen LogP contribution in [0.3, 0.4) is 0 Å². The molecule has 18 heavy (non-hydrogen) atoms. The van der Waals surface area contributed by atoms with E-state index in [-0.39, 0.29) is 0 Å². The lowest BCUT2D eigenvalue weighted by Crippen LogP contribution is -2.08. The predicted octanol–water partition coefficient (Wildman–Crippen LogP) is 3.25. The molecule has 1 aromatic carbocycles. The number of nitrogens with zero attached hydrogens (tertiary/aromatic N) is 2. The monoisotopic (exact) mass is 323 g/mol. The third-order valence-corrected chi connectivity index (χ3v) is 4.34. The van der Waals surface area contributed by atoms with Crippen molar-refractivity contribution in [1.82, 2.24) is 15.3 Å². The van der Waals surface area contributed by atoms with Crippen molar-refractivity contribution in [1.29, 1.82) is 0 Å². The van der Waals surface area contributed by atoms with Gasteiger partial charge in [-0.05, 0) is 41.2 Å². The minimum absolute atomic E-state index is 0.773. The maximum Gasteiger partial charge on any atom is 0.138 e. The number of thioether (sulfide) groups is 1. The number of aromatic nitrogens is 2. The summed E-state index contributed by atoms with van der Waals surface area (Å²) in [5, 5.41) is 3.09. The van der Waals surface area contributed by atoms with E-state index >= 15 is 0 Å². The molecule has 0 aliphatic heterocycles. The molecule has 94 valence electrons. The molecular formula is C13H14BrN3S. The first-order valence-corrected chi connectivity index (χ1v) is 7.40. The van der Waals surface area contributed by atoms with Crippen LogP contribution in [0.25, 0.3) is 0 Å². The van der Waals surface area contributed by atoms with Gasteiger partial charge in [-0.2, -0.15) is 0 Å². The zero-order chi connectivity index (χ0) is 12.8. The minimum Gasteiger partial charge on any atom is -0.314 e. The lowest BCUT2D eigenvalue weighted by atomic mass is 10.4.